The zero-order chi connectivity index (χ0) is 23.1. The Morgan fingerprint density at radius 1 is 0.441 bits per heavy atom. The summed E-state index contributed by atoms with van der Waals surface area (Å²) in [5, 5.41) is 0. The van der Waals surface area contributed by atoms with Crippen molar-refractivity contribution in [1.29, 1.82) is 0 Å². The van der Waals surface area contributed by atoms with E-state index in [0.717, 1.165) is 12.8 Å². The lowest BCUT2D eigenvalue weighted by Crippen LogP contribution is -2.06. The number of allylic oxidation sites excluding steroid dienone is 2. The molecule has 2 atom stereocenters. The third-order valence-corrected chi connectivity index (χ3v) is 7.74. The fraction of sp³-hybridized carbons (Fsp3) is 0.176. The van der Waals surface area contributed by atoms with Crippen molar-refractivity contribution in [3.8, 4) is 0 Å². The van der Waals surface area contributed by atoms with E-state index < -0.39 is 0 Å². The van der Waals surface area contributed by atoms with Crippen LogP contribution in [0.25, 0.3) is 12.2 Å². The average Bonchev–Trinajstić information content (AvgIpc) is 3.41. The molecule has 2 unspecified atom stereocenters. The summed E-state index contributed by atoms with van der Waals surface area (Å²) in [4.78, 5) is 0. The van der Waals surface area contributed by atoms with Gasteiger partial charge < -0.3 is 0 Å². The van der Waals surface area contributed by atoms with E-state index in [0.29, 0.717) is 11.8 Å². The van der Waals surface area contributed by atoms with E-state index in [1.807, 2.05) is 0 Å². The van der Waals surface area contributed by atoms with Gasteiger partial charge in [0.15, 0.2) is 0 Å². The molecule has 0 radical (unpaired) electrons. The third kappa shape index (κ3) is 3.55. The molecule has 34 heavy (non-hydrogen) atoms. The van der Waals surface area contributed by atoms with Crippen molar-refractivity contribution in [2.24, 2.45) is 0 Å². The first-order valence-electron chi connectivity index (χ1n) is 12.4. The molecular weight excluding hydrogens is 408 g/mol. The molecule has 0 spiro atoms. The van der Waals surface area contributed by atoms with Crippen LogP contribution in [0.1, 0.15) is 69.2 Å². The molecule has 2 aliphatic carbocycles. The molecule has 4 aromatic rings. The fourth-order valence-corrected chi connectivity index (χ4v) is 6.05. The Labute approximate surface area is 203 Å². The summed E-state index contributed by atoms with van der Waals surface area (Å²) in [7, 11) is 0. The highest BCUT2D eigenvalue weighted by Gasteiger charge is 2.30. The zero-order valence-electron chi connectivity index (χ0n) is 20.0. The van der Waals surface area contributed by atoms with Crippen LogP contribution >= 0.6 is 0 Å². The molecule has 0 saturated heterocycles. The molecular formula is C34H30. The summed E-state index contributed by atoms with van der Waals surface area (Å²) in [6, 6.07) is 35.7. The lowest BCUT2D eigenvalue weighted by atomic mass is 9.81. The summed E-state index contributed by atoms with van der Waals surface area (Å²) in [6.07, 6.45) is 7.07. The fourth-order valence-electron chi connectivity index (χ4n) is 6.05. The molecule has 0 heteroatoms. The monoisotopic (exact) mass is 438 g/mol. The zero-order valence-corrected chi connectivity index (χ0v) is 20.0. The Morgan fingerprint density at radius 2 is 0.794 bits per heavy atom. The Bertz CT molecular complexity index is 1320. The van der Waals surface area contributed by atoms with Gasteiger partial charge in [0.05, 0.1) is 0 Å². The smallest absolute Gasteiger partial charge is 0.0310 e. The second kappa shape index (κ2) is 8.61. The molecule has 0 nitrogen and oxygen atoms in total. The largest absolute Gasteiger partial charge is 0.0620 e. The van der Waals surface area contributed by atoms with Gasteiger partial charge in [0, 0.05) is 11.8 Å². The molecule has 2 aliphatic rings. The van der Waals surface area contributed by atoms with Crippen LogP contribution in [-0.2, 0) is 0 Å². The van der Waals surface area contributed by atoms with Gasteiger partial charge in [-0.2, -0.15) is 0 Å². The number of hydrogen-bond acceptors (Lipinski definition) is 0. The molecule has 0 bridgehead atoms. The van der Waals surface area contributed by atoms with Crippen molar-refractivity contribution >= 4 is 12.2 Å². The molecule has 0 N–H and O–H groups in total. The molecule has 0 fully saturated rings. The van der Waals surface area contributed by atoms with Crippen LogP contribution in [0, 0.1) is 13.8 Å². The van der Waals surface area contributed by atoms with Gasteiger partial charge in [0.25, 0.3) is 0 Å². The SMILES string of the molecule is Cc1ccccc1C1C(CCC2=Cc3ccccc3C2c2ccccc2C)=Cc2ccccc21. The minimum atomic E-state index is 0.360. The second-order valence-corrected chi connectivity index (χ2v) is 9.78. The first kappa shape index (κ1) is 20.9. The molecule has 0 amide bonds. The highest BCUT2D eigenvalue weighted by atomic mass is 14.3. The predicted molar refractivity (Wildman–Crippen MR) is 144 cm³/mol. The predicted octanol–water partition coefficient (Wildman–Crippen LogP) is 8.84. The molecule has 0 aromatic heterocycles. The van der Waals surface area contributed by atoms with Gasteiger partial charge >= 0.3 is 0 Å². The lowest BCUT2D eigenvalue weighted by Gasteiger charge is -2.22. The maximum atomic E-state index is 2.46. The summed E-state index contributed by atoms with van der Waals surface area (Å²) in [6.45, 7) is 4.50. The van der Waals surface area contributed by atoms with E-state index in [9.17, 15) is 0 Å². The van der Waals surface area contributed by atoms with E-state index in [-0.39, 0.29) is 0 Å². The van der Waals surface area contributed by atoms with E-state index in [2.05, 4.69) is 123 Å². The lowest BCUT2D eigenvalue weighted by molar-refractivity contribution is 0.798. The normalized spacial score (nSPS) is 18.3. The van der Waals surface area contributed by atoms with Crippen LogP contribution in [0.2, 0.25) is 0 Å². The van der Waals surface area contributed by atoms with E-state index in [4.69, 9.17) is 0 Å². The Kier molecular flexibility index (Phi) is 5.30. The molecule has 4 aromatic carbocycles. The maximum absolute atomic E-state index is 2.46. The van der Waals surface area contributed by atoms with Gasteiger partial charge in [0.2, 0.25) is 0 Å². The van der Waals surface area contributed by atoms with Gasteiger partial charge in [-0.3, -0.25) is 0 Å². The van der Waals surface area contributed by atoms with E-state index in [1.165, 1.54) is 55.7 Å². The van der Waals surface area contributed by atoms with Crippen molar-refractivity contribution in [3.05, 3.63) is 153 Å². The molecule has 166 valence electrons. The van der Waals surface area contributed by atoms with Crippen LogP contribution in [0.3, 0.4) is 0 Å². The molecule has 6 rings (SSSR count). The van der Waals surface area contributed by atoms with Crippen molar-refractivity contribution in [2.45, 2.75) is 38.5 Å². The van der Waals surface area contributed by atoms with Crippen LogP contribution in [0.15, 0.2) is 108 Å². The number of fused-ring (bicyclic) bond motifs is 2. The van der Waals surface area contributed by atoms with Gasteiger partial charge in [0.1, 0.15) is 0 Å². The van der Waals surface area contributed by atoms with E-state index in [1.54, 1.807) is 0 Å². The first-order chi connectivity index (χ1) is 16.7. The maximum Gasteiger partial charge on any atom is 0.0310 e. The van der Waals surface area contributed by atoms with Crippen molar-refractivity contribution in [1.82, 2.24) is 0 Å². The number of rotatable bonds is 5. The van der Waals surface area contributed by atoms with Gasteiger partial charge in [-0.25, -0.2) is 0 Å². The minimum absolute atomic E-state index is 0.360. The highest BCUT2D eigenvalue weighted by Crippen LogP contribution is 2.48. The molecule has 0 aliphatic heterocycles. The van der Waals surface area contributed by atoms with Gasteiger partial charge in [-0.1, -0.05) is 120 Å². The summed E-state index contributed by atoms with van der Waals surface area (Å²) in [5.74, 6) is 0.720. The molecule has 0 saturated carbocycles. The first-order valence-corrected chi connectivity index (χ1v) is 12.4. The number of benzene rings is 4. The Hall–Kier alpha value is -3.64. The Balaban J connectivity index is 1.35. The number of aryl methyl sites for hydroxylation is 2. The second-order valence-electron chi connectivity index (χ2n) is 9.78. The van der Waals surface area contributed by atoms with Crippen molar-refractivity contribution < 1.29 is 0 Å². The van der Waals surface area contributed by atoms with Crippen LogP contribution in [0.5, 0.6) is 0 Å². The van der Waals surface area contributed by atoms with E-state index >= 15 is 0 Å². The topological polar surface area (TPSA) is 0 Å². The third-order valence-electron chi connectivity index (χ3n) is 7.74. The van der Waals surface area contributed by atoms with Crippen molar-refractivity contribution in [3.63, 3.8) is 0 Å². The summed E-state index contributed by atoms with van der Waals surface area (Å²) < 4.78 is 0. The molecule has 0 heterocycles. The van der Waals surface area contributed by atoms with Crippen LogP contribution in [0.4, 0.5) is 0 Å². The quantitative estimate of drug-likeness (QED) is 0.292. The summed E-state index contributed by atoms with van der Waals surface area (Å²) >= 11 is 0. The van der Waals surface area contributed by atoms with Gasteiger partial charge in [-0.15, -0.1) is 0 Å². The average molecular weight is 439 g/mol. The Morgan fingerprint density at radius 3 is 1.21 bits per heavy atom. The number of hydrogen-bond donors (Lipinski definition) is 0. The van der Waals surface area contributed by atoms with Gasteiger partial charge in [-0.05, 0) is 71.2 Å². The van der Waals surface area contributed by atoms with Crippen LogP contribution < -0.4 is 0 Å². The standard InChI is InChI=1S/C34H30/c1-23-11-3-7-15-29(23)33-27(21-25-13-5-9-17-31(25)33)19-20-28-22-26-14-6-10-18-32(26)34(28)30-16-8-4-12-24(30)2/h3-18,21-22,33-34H,19-20H2,1-2H3. The van der Waals surface area contributed by atoms with Crippen molar-refractivity contribution in [2.75, 3.05) is 0 Å². The summed E-state index contributed by atoms with van der Waals surface area (Å²) in [5.41, 5.74) is 14.4. The highest BCUT2D eigenvalue weighted by molar-refractivity contribution is 5.72. The van der Waals surface area contributed by atoms with Crippen LogP contribution in [-0.4, -0.2) is 0 Å². The minimum Gasteiger partial charge on any atom is -0.0620 e.